The summed E-state index contributed by atoms with van der Waals surface area (Å²) in [5, 5.41) is 14.3. The van der Waals surface area contributed by atoms with Gasteiger partial charge >= 0.3 is 6.03 Å². The van der Waals surface area contributed by atoms with Crippen LogP contribution in [0.15, 0.2) is 48.5 Å². The van der Waals surface area contributed by atoms with Gasteiger partial charge in [0.1, 0.15) is 12.0 Å². The highest BCUT2D eigenvalue weighted by molar-refractivity contribution is 5.89. The van der Waals surface area contributed by atoms with E-state index in [2.05, 4.69) is 15.5 Å². The average Bonchev–Trinajstić information content (AvgIpc) is 2.84. The third-order valence-corrected chi connectivity index (χ3v) is 6.67. The number of rotatable bonds is 6. The number of hydrogen-bond acceptors (Lipinski definition) is 4. The Labute approximate surface area is 198 Å². The van der Waals surface area contributed by atoms with Crippen LogP contribution in [-0.4, -0.2) is 55.5 Å². The van der Waals surface area contributed by atoms with Gasteiger partial charge in [0.2, 0.25) is 0 Å². The van der Waals surface area contributed by atoms with Crippen molar-refractivity contribution >= 4 is 11.7 Å². The first kappa shape index (κ1) is 24.1. The van der Waals surface area contributed by atoms with Crippen LogP contribution in [0.3, 0.4) is 0 Å². The molecule has 0 radical (unpaired) electrons. The van der Waals surface area contributed by atoms with Crippen molar-refractivity contribution in [1.29, 1.82) is 5.26 Å². The van der Waals surface area contributed by atoms with E-state index in [9.17, 15) is 13.6 Å². The lowest BCUT2D eigenvalue weighted by Crippen LogP contribution is -2.58. The lowest BCUT2D eigenvalue weighted by Gasteiger charge is -2.39. The maximum absolute atomic E-state index is 14.8. The van der Waals surface area contributed by atoms with E-state index in [4.69, 9.17) is 10.00 Å². The van der Waals surface area contributed by atoms with Gasteiger partial charge in [0, 0.05) is 25.3 Å². The van der Waals surface area contributed by atoms with Crippen molar-refractivity contribution in [3.63, 3.8) is 0 Å². The molecule has 0 bridgehead atoms. The molecular weight excluding hydrogens is 438 g/mol. The molecule has 8 heteroatoms. The van der Waals surface area contributed by atoms with E-state index in [-0.39, 0.29) is 12.2 Å². The van der Waals surface area contributed by atoms with Crippen LogP contribution in [0.5, 0.6) is 0 Å². The largest absolute Gasteiger partial charge is 0.375 e. The topological polar surface area (TPSA) is 77.4 Å². The molecule has 0 aromatic heterocycles. The van der Waals surface area contributed by atoms with E-state index in [1.54, 1.807) is 24.3 Å². The van der Waals surface area contributed by atoms with Crippen LogP contribution >= 0.6 is 0 Å². The van der Waals surface area contributed by atoms with Gasteiger partial charge < -0.3 is 20.3 Å². The smallest absolute Gasteiger partial charge is 0.319 e. The van der Waals surface area contributed by atoms with Crippen molar-refractivity contribution in [2.24, 2.45) is 5.92 Å². The molecule has 0 saturated carbocycles. The molecule has 0 spiro atoms. The number of alkyl halides is 1. The summed E-state index contributed by atoms with van der Waals surface area (Å²) < 4.78 is 33.8. The summed E-state index contributed by atoms with van der Waals surface area (Å²) >= 11 is 0. The molecule has 2 saturated heterocycles. The summed E-state index contributed by atoms with van der Waals surface area (Å²) in [5.41, 5.74) is 2.17. The van der Waals surface area contributed by atoms with Crippen molar-refractivity contribution in [1.82, 2.24) is 10.2 Å². The van der Waals surface area contributed by atoms with Crippen LogP contribution in [0.2, 0.25) is 0 Å². The Morgan fingerprint density at radius 1 is 1.09 bits per heavy atom. The second-order valence-electron chi connectivity index (χ2n) is 9.10. The minimum Gasteiger partial charge on any atom is -0.375 e. The standard InChI is InChI=1S/C26H30F2N4O2/c27-21-5-1-18(2-6-21)15-19-9-12-32(13-10-19)17-24-25(23(28)11-14-34-24)31-26(33)30-22-7-3-20(16-29)4-8-22/h1-8,19,23-25H,9-15,17H2,(H2,30,31,33)/t23-,24+,25?/m0/s1. The Kier molecular flexibility index (Phi) is 8.09. The highest BCUT2D eigenvalue weighted by Gasteiger charge is 2.37. The molecule has 2 aliphatic heterocycles. The Balaban J connectivity index is 1.27. The Bertz CT molecular complexity index is 985. The molecule has 3 atom stereocenters. The first-order valence-electron chi connectivity index (χ1n) is 11.8. The monoisotopic (exact) mass is 468 g/mol. The molecule has 2 amide bonds. The van der Waals surface area contributed by atoms with Crippen molar-refractivity contribution < 1.29 is 18.3 Å². The number of piperidine rings is 1. The van der Waals surface area contributed by atoms with E-state index in [0.29, 0.717) is 30.3 Å². The third-order valence-electron chi connectivity index (χ3n) is 6.67. The molecule has 0 aliphatic carbocycles. The predicted molar refractivity (Wildman–Crippen MR) is 126 cm³/mol. The number of halogens is 2. The normalized spacial score (nSPS) is 23.7. The number of likely N-dealkylation sites (tertiary alicyclic amines) is 1. The first-order chi connectivity index (χ1) is 16.5. The number of hydrogen-bond donors (Lipinski definition) is 2. The molecule has 34 heavy (non-hydrogen) atoms. The zero-order chi connectivity index (χ0) is 23.9. The van der Waals surface area contributed by atoms with Crippen LogP contribution in [0.1, 0.15) is 30.4 Å². The van der Waals surface area contributed by atoms with E-state index < -0.39 is 24.3 Å². The van der Waals surface area contributed by atoms with Crippen molar-refractivity contribution in [2.75, 3.05) is 31.6 Å². The molecule has 6 nitrogen and oxygen atoms in total. The van der Waals surface area contributed by atoms with Crippen molar-refractivity contribution in [3.8, 4) is 6.07 Å². The lowest BCUT2D eigenvalue weighted by molar-refractivity contribution is -0.0590. The van der Waals surface area contributed by atoms with Gasteiger partial charge in [-0.15, -0.1) is 0 Å². The number of urea groups is 1. The quantitative estimate of drug-likeness (QED) is 0.664. The number of nitriles is 1. The van der Waals surface area contributed by atoms with Crippen molar-refractivity contribution in [3.05, 3.63) is 65.5 Å². The number of nitrogens with zero attached hydrogens (tertiary/aromatic N) is 2. The fourth-order valence-electron chi connectivity index (χ4n) is 4.73. The number of carbonyl (C=O) groups excluding carboxylic acids is 1. The number of carbonyl (C=O) groups is 1. The number of benzene rings is 2. The minimum atomic E-state index is -1.18. The highest BCUT2D eigenvalue weighted by atomic mass is 19.1. The number of amides is 2. The van der Waals surface area contributed by atoms with Gasteiger partial charge in [0.05, 0.1) is 23.8 Å². The molecule has 2 fully saturated rings. The van der Waals surface area contributed by atoms with Crippen LogP contribution < -0.4 is 10.6 Å². The maximum atomic E-state index is 14.8. The molecule has 180 valence electrons. The highest BCUT2D eigenvalue weighted by Crippen LogP contribution is 2.25. The van der Waals surface area contributed by atoms with Gasteiger partial charge in [-0.3, -0.25) is 0 Å². The Morgan fingerprint density at radius 3 is 2.47 bits per heavy atom. The maximum Gasteiger partial charge on any atom is 0.319 e. The van der Waals surface area contributed by atoms with Crippen LogP contribution in [0.25, 0.3) is 0 Å². The number of ether oxygens (including phenoxy) is 1. The Hall–Kier alpha value is -3.02. The Morgan fingerprint density at radius 2 is 1.79 bits per heavy atom. The summed E-state index contributed by atoms with van der Waals surface area (Å²) in [6.45, 7) is 2.66. The first-order valence-corrected chi connectivity index (χ1v) is 11.8. The van der Waals surface area contributed by atoms with E-state index in [1.165, 1.54) is 12.1 Å². The molecule has 1 unspecified atom stereocenters. The zero-order valence-corrected chi connectivity index (χ0v) is 19.1. The van der Waals surface area contributed by atoms with Gasteiger partial charge in [-0.05, 0) is 80.2 Å². The van der Waals surface area contributed by atoms with Gasteiger partial charge in [-0.25, -0.2) is 13.6 Å². The van der Waals surface area contributed by atoms with Crippen LogP contribution in [-0.2, 0) is 11.2 Å². The zero-order valence-electron chi connectivity index (χ0n) is 19.1. The van der Waals surface area contributed by atoms with Gasteiger partial charge in [0.25, 0.3) is 0 Å². The molecule has 2 aromatic rings. The van der Waals surface area contributed by atoms with Gasteiger partial charge in [-0.2, -0.15) is 5.26 Å². The summed E-state index contributed by atoms with van der Waals surface area (Å²) in [6.07, 6.45) is 1.60. The van der Waals surface area contributed by atoms with E-state index in [1.807, 2.05) is 18.2 Å². The lowest BCUT2D eigenvalue weighted by atomic mass is 9.89. The van der Waals surface area contributed by atoms with E-state index in [0.717, 1.165) is 37.9 Å². The molecule has 2 N–H and O–H groups in total. The summed E-state index contributed by atoms with van der Waals surface area (Å²) in [5.74, 6) is 0.320. The molecule has 4 rings (SSSR count). The predicted octanol–water partition coefficient (Wildman–Crippen LogP) is 4.27. The molecular formula is C26H30F2N4O2. The summed E-state index contributed by atoms with van der Waals surface area (Å²) in [4.78, 5) is 14.8. The SMILES string of the molecule is N#Cc1ccc(NC(=O)NC2[C@@H](F)CCO[C@@H]2CN2CCC(Cc3ccc(F)cc3)CC2)cc1. The molecule has 2 heterocycles. The minimum absolute atomic E-state index is 0.217. The summed E-state index contributed by atoms with van der Waals surface area (Å²) in [6, 6.07) is 14.0. The third kappa shape index (κ3) is 6.52. The molecule has 2 aromatic carbocycles. The second-order valence-corrected chi connectivity index (χ2v) is 9.10. The molecule has 2 aliphatic rings. The van der Waals surface area contributed by atoms with Gasteiger partial charge in [-0.1, -0.05) is 12.1 Å². The number of anilines is 1. The number of nitrogens with one attached hydrogen (secondary N) is 2. The average molecular weight is 469 g/mol. The fraction of sp³-hybridized carbons (Fsp3) is 0.462. The van der Waals surface area contributed by atoms with Crippen LogP contribution in [0.4, 0.5) is 19.3 Å². The van der Waals surface area contributed by atoms with E-state index >= 15 is 0 Å². The van der Waals surface area contributed by atoms with Crippen LogP contribution in [0, 0.1) is 23.1 Å². The van der Waals surface area contributed by atoms with Crippen molar-refractivity contribution in [2.45, 2.75) is 44.0 Å². The fourth-order valence-corrected chi connectivity index (χ4v) is 4.73. The van der Waals surface area contributed by atoms with Gasteiger partial charge in [0.15, 0.2) is 0 Å². The summed E-state index contributed by atoms with van der Waals surface area (Å²) in [7, 11) is 0. The second kappa shape index (κ2) is 11.4.